The van der Waals surface area contributed by atoms with Crippen molar-refractivity contribution < 1.29 is 8.78 Å². The molecule has 0 aromatic heterocycles. The lowest BCUT2D eigenvalue weighted by atomic mass is 10.0. The summed E-state index contributed by atoms with van der Waals surface area (Å²) in [5.74, 6) is -0.480. The highest BCUT2D eigenvalue weighted by atomic mass is 19.1. The van der Waals surface area contributed by atoms with Gasteiger partial charge in [-0.2, -0.15) is 0 Å². The van der Waals surface area contributed by atoms with Crippen molar-refractivity contribution in [2.24, 2.45) is 0 Å². The van der Waals surface area contributed by atoms with Gasteiger partial charge in [0.1, 0.15) is 11.6 Å². The second-order valence-electron chi connectivity index (χ2n) is 5.42. The molecule has 0 bridgehead atoms. The van der Waals surface area contributed by atoms with Gasteiger partial charge in [0, 0.05) is 25.7 Å². The molecule has 3 rings (SSSR count). The van der Waals surface area contributed by atoms with Crippen molar-refractivity contribution >= 4 is 5.69 Å². The highest BCUT2D eigenvalue weighted by Crippen LogP contribution is 2.29. The molecule has 0 radical (unpaired) electrons. The van der Waals surface area contributed by atoms with E-state index in [2.05, 4.69) is 17.1 Å². The minimum Gasteiger partial charge on any atom is -0.364 e. The topological polar surface area (TPSA) is 15.3 Å². The standard InChI is InChI=1S/C17H18F2N2/c1-12-11-20-8-9-21(12)17-10-14(4-7-16(17)19)13-2-5-15(18)6-3-13/h2-7,10,12,20H,8-9,11H2,1H3/t12-/m0/s1. The minimum absolute atomic E-state index is 0.213. The van der Waals surface area contributed by atoms with Crippen molar-refractivity contribution in [3.05, 3.63) is 54.1 Å². The van der Waals surface area contributed by atoms with Crippen molar-refractivity contribution in [1.82, 2.24) is 5.32 Å². The Kier molecular flexibility index (Phi) is 3.88. The van der Waals surface area contributed by atoms with Gasteiger partial charge in [0.2, 0.25) is 0 Å². The lowest BCUT2D eigenvalue weighted by molar-refractivity contribution is 0.491. The second kappa shape index (κ2) is 5.82. The molecule has 2 aromatic rings. The third-order valence-electron chi connectivity index (χ3n) is 3.93. The van der Waals surface area contributed by atoms with E-state index in [0.717, 1.165) is 30.8 Å². The Labute approximate surface area is 123 Å². The molecule has 0 unspecified atom stereocenters. The Morgan fingerprint density at radius 1 is 1.05 bits per heavy atom. The molecule has 1 N–H and O–H groups in total. The number of hydrogen-bond acceptors (Lipinski definition) is 2. The number of piperazine rings is 1. The van der Waals surface area contributed by atoms with Gasteiger partial charge >= 0.3 is 0 Å². The Balaban J connectivity index is 1.97. The lowest BCUT2D eigenvalue weighted by Crippen LogP contribution is -2.50. The maximum absolute atomic E-state index is 14.2. The lowest BCUT2D eigenvalue weighted by Gasteiger charge is -2.36. The van der Waals surface area contributed by atoms with E-state index in [4.69, 9.17) is 0 Å². The molecule has 0 amide bonds. The molecule has 0 saturated carbocycles. The van der Waals surface area contributed by atoms with Crippen molar-refractivity contribution in [2.75, 3.05) is 24.5 Å². The average molecular weight is 288 g/mol. The minimum atomic E-state index is -0.267. The van der Waals surface area contributed by atoms with Gasteiger partial charge in [-0.3, -0.25) is 0 Å². The Morgan fingerprint density at radius 3 is 2.48 bits per heavy atom. The number of benzene rings is 2. The monoisotopic (exact) mass is 288 g/mol. The number of hydrogen-bond donors (Lipinski definition) is 1. The number of rotatable bonds is 2. The number of nitrogens with zero attached hydrogens (tertiary/aromatic N) is 1. The van der Waals surface area contributed by atoms with Crippen LogP contribution in [-0.4, -0.2) is 25.7 Å². The van der Waals surface area contributed by atoms with E-state index in [0.29, 0.717) is 5.69 Å². The van der Waals surface area contributed by atoms with Gasteiger partial charge in [0.25, 0.3) is 0 Å². The first-order chi connectivity index (χ1) is 10.1. The average Bonchev–Trinajstić information content (AvgIpc) is 2.50. The van der Waals surface area contributed by atoms with Crippen LogP contribution in [0.2, 0.25) is 0 Å². The molecule has 2 aromatic carbocycles. The van der Waals surface area contributed by atoms with Crippen LogP contribution < -0.4 is 10.2 Å². The third kappa shape index (κ3) is 2.90. The SMILES string of the molecule is C[C@H]1CNCCN1c1cc(-c2ccc(F)cc2)ccc1F. The van der Waals surface area contributed by atoms with Crippen LogP contribution in [0, 0.1) is 11.6 Å². The number of anilines is 1. The first kappa shape index (κ1) is 14.0. The van der Waals surface area contributed by atoms with E-state index < -0.39 is 0 Å². The molecular formula is C17H18F2N2. The first-order valence-corrected chi connectivity index (χ1v) is 7.18. The van der Waals surface area contributed by atoms with Gasteiger partial charge in [-0.25, -0.2) is 8.78 Å². The summed E-state index contributed by atoms with van der Waals surface area (Å²) in [5.41, 5.74) is 2.41. The van der Waals surface area contributed by atoms with Gasteiger partial charge in [-0.1, -0.05) is 18.2 Å². The van der Waals surface area contributed by atoms with E-state index in [1.54, 1.807) is 18.2 Å². The summed E-state index contributed by atoms with van der Waals surface area (Å²) in [5, 5.41) is 3.30. The van der Waals surface area contributed by atoms with Crippen molar-refractivity contribution in [3.8, 4) is 11.1 Å². The normalized spacial score (nSPS) is 18.8. The highest BCUT2D eigenvalue weighted by molar-refractivity contribution is 5.69. The highest BCUT2D eigenvalue weighted by Gasteiger charge is 2.21. The molecule has 21 heavy (non-hydrogen) atoms. The van der Waals surface area contributed by atoms with Gasteiger partial charge in [-0.05, 0) is 42.3 Å². The van der Waals surface area contributed by atoms with Crippen LogP contribution in [0.5, 0.6) is 0 Å². The first-order valence-electron chi connectivity index (χ1n) is 7.18. The van der Waals surface area contributed by atoms with E-state index >= 15 is 0 Å². The zero-order chi connectivity index (χ0) is 14.8. The number of nitrogens with one attached hydrogen (secondary N) is 1. The van der Waals surface area contributed by atoms with Crippen molar-refractivity contribution in [3.63, 3.8) is 0 Å². The molecule has 0 aliphatic carbocycles. The van der Waals surface area contributed by atoms with Gasteiger partial charge in [0.05, 0.1) is 5.69 Å². The summed E-state index contributed by atoms with van der Waals surface area (Å²) in [7, 11) is 0. The predicted octanol–water partition coefficient (Wildman–Crippen LogP) is 3.43. The quantitative estimate of drug-likeness (QED) is 0.911. The van der Waals surface area contributed by atoms with Gasteiger partial charge in [-0.15, -0.1) is 0 Å². The van der Waals surface area contributed by atoms with Gasteiger partial charge in [0.15, 0.2) is 0 Å². The van der Waals surface area contributed by atoms with Crippen LogP contribution in [0.15, 0.2) is 42.5 Å². The smallest absolute Gasteiger partial charge is 0.146 e. The molecule has 0 spiro atoms. The molecule has 1 fully saturated rings. The molecule has 2 nitrogen and oxygen atoms in total. The maximum Gasteiger partial charge on any atom is 0.146 e. The molecule has 1 saturated heterocycles. The van der Waals surface area contributed by atoms with Crippen LogP contribution >= 0.6 is 0 Å². The van der Waals surface area contributed by atoms with Crippen LogP contribution in [-0.2, 0) is 0 Å². The second-order valence-corrected chi connectivity index (χ2v) is 5.42. The molecule has 1 atom stereocenters. The summed E-state index contributed by atoms with van der Waals surface area (Å²) < 4.78 is 27.2. The van der Waals surface area contributed by atoms with Crippen LogP contribution in [0.4, 0.5) is 14.5 Å². The zero-order valence-corrected chi connectivity index (χ0v) is 11.9. The van der Waals surface area contributed by atoms with Crippen LogP contribution in [0.3, 0.4) is 0 Å². The fourth-order valence-electron chi connectivity index (χ4n) is 2.75. The van der Waals surface area contributed by atoms with E-state index in [-0.39, 0.29) is 17.7 Å². The molecule has 1 aliphatic heterocycles. The molecule has 4 heteroatoms. The van der Waals surface area contributed by atoms with Crippen LogP contribution in [0.1, 0.15) is 6.92 Å². The summed E-state index contributed by atoms with van der Waals surface area (Å²) in [6.07, 6.45) is 0. The Morgan fingerprint density at radius 2 is 1.76 bits per heavy atom. The Bertz CT molecular complexity index is 625. The summed E-state index contributed by atoms with van der Waals surface area (Å²) in [6.45, 7) is 4.56. The molecule has 1 aliphatic rings. The summed E-state index contributed by atoms with van der Waals surface area (Å²) in [6, 6.07) is 11.6. The van der Waals surface area contributed by atoms with Crippen LogP contribution in [0.25, 0.3) is 11.1 Å². The maximum atomic E-state index is 14.2. The molecule has 110 valence electrons. The summed E-state index contributed by atoms with van der Waals surface area (Å²) >= 11 is 0. The van der Waals surface area contributed by atoms with E-state index in [9.17, 15) is 8.78 Å². The zero-order valence-electron chi connectivity index (χ0n) is 11.9. The molecule has 1 heterocycles. The van der Waals surface area contributed by atoms with E-state index in [1.807, 2.05) is 6.07 Å². The van der Waals surface area contributed by atoms with Gasteiger partial charge < -0.3 is 10.2 Å². The fourth-order valence-corrected chi connectivity index (χ4v) is 2.75. The van der Waals surface area contributed by atoms with Crippen molar-refractivity contribution in [1.29, 1.82) is 0 Å². The van der Waals surface area contributed by atoms with Crippen molar-refractivity contribution in [2.45, 2.75) is 13.0 Å². The predicted molar refractivity (Wildman–Crippen MR) is 81.5 cm³/mol. The Hall–Kier alpha value is -1.94. The molecular weight excluding hydrogens is 270 g/mol. The third-order valence-corrected chi connectivity index (χ3v) is 3.93. The largest absolute Gasteiger partial charge is 0.364 e. The number of halogens is 2. The van der Waals surface area contributed by atoms with E-state index in [1.165, 1.54) is 18.2 Å². The summed E-state index contributed by atoms with van der Waals surface area (Å²) in [4.78, 5) is 2.08. The fraction of sp³-hybridized carbons (Fsp3) is 0.294.